The van der Waals surface area contributed by atoms with Crippen LogP contribution < -0.4 is 0 Å². The van der Waals surface area contributed by atoms with Crippen LogP contribution in [0.25, 0.3) is 11.1 Å². The summed E-state index contributed by atoms with van der Waals surface area (Å²) >= 11 is 0. The van der Waals surface area contributed by atoms with Crippen LogP contribution in [0.1, 0.15) is 5.89 Å². The van der Waals surface area contributed by atoms with Gasteiger partial charge in [-0.15, -0.1) is 0 Å². The smallest absolute Gasteiger partial charge is 0.271 e. The number of aromatic nitrogens is 1. The number of benzene rings is 1. The summed E-state index contributed by atoms with van der Waals surface area (Å²) in [7, 11) is 1.61. The molecule has 0 fully saturated rings. The standard InChI is InChI=1S/C13H17N3O5/c1-20-7-5-15(4-6-17)9-13-14-11-8-10(16(18)19)2-3-12(11)21-13/h2-3,8,17H,4-7,9H2,1H3. The Balaban J connectivity index is 2.15. The van der Waals surface area contributed by atoms with Crippen LogP contribution in [0.15, 0.2) is 22.6 Å². The molecule has 0 saturated carbocycles. The molecule has 8 heteroatoms. The van der Waals surface area contributed by atoms with Crippen molar-refractivity contribution in [3.63, 3.8) is 0 Å². The first-order valence-corrected chi connectivity index (χ1v) is 6.50. The van der Waals surface area contributed by atoms with Gasteiger partial charge in [0.05, 0.1) is 24.7 Å². The summed E-state index contributed by atoms with van der Waals surface area (Å²) in [5.74, 6) is 0.454. The predicted molar refractivity (Wildman–Crippen MR) is 74.9 cm³/mol. The molecule has 1 aromatic carbocycles. The minimum atomic E-state index is -0.468. The normalized spacial score (nSPS) is 11.4. The van der Waals surface area contributed by atoms with Gasteiger partial charge in [-0.25, -0.2) is 4.98 Å². The lowest BCUT2D eigenvalue weighted by molar-refractivity contribution is -0.384. The lowest BCUT2D eigenvalue weighted by Crippen LogP contribution is -2.29. The van der Waals surface area contributed by atoms with Crippen LogP contribution in [0.2, 0.25) is 0 Å². The van der Waals surface area contributed by atoms with E-state index in [0.29, 0.717) is 43.2 Å². The maximum atomic E-state index is 10.7. The number of aliphatic hydroxyl groups is 1. The largest absolute Gasteiger partial charge is 0.439 e. The second-order valence-corrected chi connectivity index (χ2v) is 4.51. The van der Waals surface area contributed by atoms with Gasteiger partial charge in [-0.1, -0.05) is 0 Å². The number of nitro benzene ring substituents is 1. The van der Waals surface area contributed by atoms with Crippen molar-refractivity contribution in [2.24, 2.45) is 0 Å². The van der Waals surface area contributed by atoms with Gasteiger partial charge in [-0.2, -0.15) is 0 Å². The van der Waals surface area contributed by atoms with Gasteiger partial charge in [-0.3, -0.25) is 15.0 Å². The number of oxazole rings is 1. The highest BCUT2D eigenvalue weighted by Crippen LogP contribution is 2.21. The molecule has 2 rings (SSSR count). The van der Waals surface area contributed by atoms with E-state index in [-0.39, 0.29) is 12.3 Å². The monoisotopic (exact) mass is 295 g/mol. The van der Waals surface area contributed by atoms with E-state index in [9.17, 15) is 10.1 Å². The van der Waals surface area contributed by atoms with Crippen molar-refractivity contribution >= 4 is 16.8 Å². The zero-order chi connectivity index (χ0) is 15.2. The minimum Gasteiger partial charge on any atom is -0.439 e. The first-order valence-electron chi connectivity index (χ1n) is 6.50. The summed E-state index contributed by atoms with van der Waals surface area (Å²) in [6.07, 6.45) is 0. The lowest BCUT2D eigenvalue weighted by Gasteiger charge is -2.18. The molecule has 0 spiro atoms. The third-order valence-electron chi connectivity index (χ3n) is 3.01. The molecular weight excluding hydrogens is 278 g/mol. The highest BCUT2D eigenvalue weighted by Gasteiger charge is 2.14. The molecular formula is C13H17N3O5. The summed E-state index contributed by atoms with van der Waals surface area (Å²) in [6.45, 7) is 2.08. The van der Waals surface area contributed by atoms with E-state index >= 15 is 0 Å². The zero-order valence-corrected chi connectivity index (χ0v) is 11.7. The van der Waals surface area contributed by atoms with Crippen molar-refractivity contribution in [1.29, 1.82) is 0 Å². The summed E-state index contributed by atoms with van der Waals surface area (Å²) in [5, 5.41) is 19.8. The third kappa shape index (κ3) is 3.97. The van der Waals surface area contributed by atoms with Crippen LogP contribution >= 0.6 is 0 Å². The van der Waals surface area contributed by atoms with E-state index in [4.69, 9.17) is 14.3 Å². The van der Waals surface area contributed by atoms with Gasteiger partial charge in [0, 0.05) is 32.3 Å². The molecule has 0 saturated heterocycles. The number of hydrogen-bond donors (Lipinski definition) is 1. The van der Waals surface area contributed by atoms with Crippen molar-refractivity contribution < 1.29 is 19.2 Å². The summed E-state index contributed by atoms with van der Waals surface area (Å²) in [4.78, 5) is 16.4. The topological polar surface area (TPSA) is 102 Å². The van der Waals surface area contributed by atoms with Gasteiger partial charge < -0.3 is 14.3 Å². The quantitative estimate of drug-likeness (QED) is 0.576. The summed E-state index contributed by atoms with van der Waals surface area (Å²) < 4.78 is 10.6. The van der Waals surface area contributed by atoms with Gasteiger partial charge in [0.15, 0.2) is 5.58 Å². The number of nitro groups is 1. The predicted octanol–water partition coefficient (Wildman–Crippen LogP) is 1.18. The minimum absolute atomic E-state index is 0.0195. The molecule has 8 nitrogen and oxygen atoms in total. The molecule has 1 aromatic heterocycles. The second-order valence-electron chi connectivity index (χ2n) is 4.51. The number of hydrogen-bond acceptors (Lipinski definition) is 7. The third-order valence-corrected chi connectivity index (χ3v) is 3.01. The van der Waals surface area contributed by atoms with Crippen molar-refractivity contribution in [3.8, 4) is 0 Å². The molecule has 2 aromatic rings. The molecule has 21 heavy (non-hydrogen) atoms. The van der Waals surface area contributed by atoms with E-state index in [1.807, 2.05) is 4.90 Å². The first kappa shape index (κ1) is 15.4. The van der Waals surface area contributed by atoms with Crippen molar-refractivity contribution in [2.75, 3.05) is 33.4 Å². The lowest BCUT2D eigenvalue weighted by atomic mass is 10.3. The van der Waals surface area contributed by atoms with Gasteiger partial charge in [-0.05, 0) is 6.07 Å². The fraction of sp³-hybridized carbons (Fsp3) is 0.462. The van der Waals surface area contributed by atoms with Crippen LogP contribution in [-0.4, -0.2) is 53.3 Å². The Morgan fingerprint density at radius 1 is 1.48 bits per heavy atom. The number of rotatable bonds is 8. The number of fused-ring (bicyclic) bond motifs is 1. The van der Waals surface area contributed by atoms with E-state index in [1.54, 1.807) is 7.11 Å². The van der Waals surface area contributed by atoms with Gasteiger partial charge in [0.25, 0.3) is 5.69 Å². The van der Waals surface area contributed by atoms with E-state index in [0.717, 1.165) is 0 Å². The number of nitrogens with zero attached hydrogens (tertiary/aromatic N) is 3. The summed E-state index contributed by atoms with van der Waals surface area (Å²) in [5.41, 5.74) is 0.940. The summed E-state index contributed by atoms with van der Waals surface area (Å²) in [6, 6.07) is 4.30. The number of methoxy groups -OCH3 is 1. The fourth-order valence-corrected chi connectivity index (χ4v) is 1.97. The van der Waals surface area contributed by atoms with Crippen LogP contribution in [0, 0.1) is 10.1 Å². The number of aliphatic hydroxyl groups excluding tert-OH is 1. The zero-order valence-electron chi connectivity index (χ0n) is 11.7. The van der Waals surface area contributed by atoms with E-state index < -0.39 is 4.92 Å². The van der Waals surface area contributed by atoms with Gasteiger partial charge in [0.2, 0.25) is 5.89 Å². The number of non-ortho nitro benzene ring substituents is 1. The Morgan fingerprint density at radius 3 is 2.95 bits per heavy atom. The molecule has 114 valence electrons. The molecule has 0 aliphatic rings. The van der Waals surface area contributed by atoms with Gasteiger partial charge >= 0.3 is 0 Å². The van der Waals surface area contributed by atoms with Crippen LogP contribution in [-0.2, 0) is 11.3 Å². The molecule has 0 atom stereocenters. The molecule has 0 radical (unpaired) electrons. The van der Waals surface area contributed by atoms with Crippen LogP contribution in [0.3, 0.4) is 0 Å². The first-order chi connectivity index (χ1) is 10.1. The molecule has 0 aliphatic heterocycles. The van der Waals surface area contributed by atoms with Crippen molar-refractivity contribution in [1.82, 2.24) is 9.88 Å². The molecule has 0 amide bonds. The average Bonchev–Trinajstić information content (AvgIpc) is 2.86. The maximum Gasteiger partial charge on any atom is 0.271 e. The van der Waals surface area contributed by atoms with Crippen molar-refractivity contribution in [3.05, 3.63) is 34.2 Å². The Bertz CT molecular complexity index is 613. The second kappa shape index (κ2) is 7.11. The molecule has 0 unspecified atom stereocenters. The Morgan fingerprint density at radius 2 is 2.29 bits per heavy atom. The maximum absolute atomic E-state index is 10.7. The van der Waals surface area contributed by atoms with E-state index in [2.05, 4.69) is 4.98 Å². The molecule has 1 heterocycles. The average molecular weight is 295 g/mol. The number of ether oxygens (including phenoxy) is 1. The molecule has 1 N–H and O–H groups in total. The Hall–Kier alpha value is -2.03. The highest BCUT2D eigenvalue weighted by molar-refractivity contribution is 5.75. The highest BCUT2D eigenvalue weighted by atomic mass is 16.6. The van der Waals surface area contributed by atoms with E-state index in [1.165, 1.54) is 18.2 Å². The fourth-order valence-electron chi connectivity index (χ4n) is 1.97. The molecule has 0 aliphatic carbocycles. The van der Waals surface area contributed by atoms with Crippen molar-refractivity contribution in [2.45, 2.75) is 6.54 Å². The van der Waals surface area contributed by atoms with Gasteiger partial charge in [0.1, 0.15) is 5.52 Å². The van der Waals surface area contributed by atoms with Crippen LogP contribution in [0.4, 0.5) is 5.69 Å². The molecule has 0 bridgehead atoms. The SMILES string of the molecule is COCCN(CCO)Cc1nc2cc([N+](=O)[O-])ccc2o1. The Kier molecular flexibility index (Phi) is 5.20. The Labute approximate surface area is 121 Å². The van der Waals surface area contributed by atoms with Crippen LogP contribution in [0.5, 0.6) is 0 Å².